The Hall–Kier alpha value is -3.85. The molecule has 0 bridgehead atoms. The molecule has 3 aromatic rings. The van der Waals surface area contributed by atoms with Crippen LogP contribution in [0.4, 0.5) is 5.82 Å². The van der Waals surface area contributed by atoms with E-state index in [1.165, 1.54) is 0 Å². The highest BCUT2D eigenvalue weighted by Crippen LogP contribution is 2.35. The van der Waals surface area contributed by atoms with Crippen LogP contribution in [0.5, 0.6) is 5.75 Å². The molecule has 0 spiro atoms. The number of carbonyl (C=O) groups excluding carboxylic acids is 1. The van der Waals surface area contributed by atoms with Crippen LogP contribution in [0.25, 0.3) is 22.4 Å². The average Bonchev–Trinajstić information content (AvgIpc) is 3.33. The second-order valence-corrected chi connectivity index (χ2v) is 7.95. The highest BCUT2D eigenvalue weighted by molar-refractivity contribution is 5.86. The second kappa shape index (κ2) is 9.52. The van der Waals surface area contributed by atoms with Crippen LogP contribution in [-0.2, 0) is 4.79 Å². The van der Waals surface area contributed by atoms with Crippen molar-refractivity contribution < 1.29 is 9.90 Å². The van der Waals surface area contributed by atoms with Crippen LogP contribution in [-0.4, -0.2) is 35.1 Å². The summed E-state index contributed by atoms with van der Waals surface area (Å²) in [6, 6.07) is 20.3. The lowest BCUT2D eigenvalue weighted by atomic mass is 10.0. The highest BCUT2D eigenvalue weighted by Gasteiger charge is 2.32. The van der Waals surface area contributed by atoms with Gasteiger partial charge in [0.1, 0.15) is 17.6 Å². The lowest BCUT2D eigenvalue weighted by Crippen LogP contribution is -2.44. The van der Waals surface area contributed by atoms with Gasteiger partial charge in [-0.3, -0.25) is 4.79 Å². The van der Waals surface area contributed by atoms with Gasteiger partial charge in [0.15, 0.2) is 0 Å². The number of hydrogen-bond acceptors (Lipinski definition) is 5. The number of hydrogen-bond donors (Lipinski definition) is 2. The summed E-state index contributed by atoms with van der Waals surface area (Å²) in [6.45, 7) is 3.44. The van der Waals surface area contributed by atoms with Crippen LogP contribution in [0.3, 0.4) is 0 Å². The van der Waals surface area contributed by atoms with E-state index in [9.17, 15) is 9.90 Å². The number of nitrogens with zero attached hydrogens (tertiary/aromatic N) is 3. The minimum absolute atomic E-state index is 0.0269. The first-order valence-corrected chi connectivity index (χ1v) is 11.0. The number of phenols is 1. The normalized spacial score (nSPS) is 15.4. The molecule has 1 saturated heterocycles. The number of para-hydroxylation sites is 1. The minimum atomic E-state index is -0.262. The number of phenolic OH excluding ortho intramolecular Hbond substituents is 1. The van der Waals surface area contributed by atoms with Crippen LogP contribution in [0.1, 0.15) is 31.7 Å². The van der Waals surface area contributed by atoms with Crippen molar-refractivity contribution in [3.8, 4) is 34.2 Å². The molecule has 1 aliphatic rings. The van der Waals surface area contributed by atoms with Gasteiger partial charge >= 0.3 is 0 Å². The molecule has 162 valence electrons. The summed E-state index contributed by atoms with van der Waals surface area (Å²) >= 11 is 0. The summed E-state index contributed by atoms with van der Waals surface area (Å²) in [5, 5.41) is 22.6. The molecule has 6 heteroatoms. The highest BCUT2D eigenvalue weighted by atomic mass is 16.3. The molecule has 0 unspecified atom stereocenters. The Bertz CT molecular complexity index is 1150. The Morgan fingerprint density at radius 2 is 1.97 bits per heavy atom. The molecule has 6 nitrogen and oxygen atoms in total. The number of carbonyl (C=O) groups is 1. The zero-order chi connectivity index (χ0) is 22.5. The summed E-state index contributed by atoms with van der Waals surface area (Å²) in [5.74, 6) is 0.889. The molecular formula is C26H26N4O2. The molecule has 1 aliphatic heterocycles. The first-order valence-electron chi connectivity index (χ1n) is 11.0. The predicted molar refractivity (Wildman–Crippen MR) is 125 cm³/mol. The van der Waals surface area contributed by atoms with Crippen molar-refractivity contribution in [1.29, 1.82) is 5.26 Å². The standard InChI is InChI=1S/C26H26N4O2/c1-2-13-28-26(32)23-7-5-14-30(23)25-16-20(19-11-9-18(17-27)10-12-19)15-22(29-25)21-6-3-4-8-24(21)31/h3-4,6,8-12,15-16,23,31H,2,5,7,13-14H2,1H3,(H,28,32)/t23-/m0/s1. The molecule has 0 aliphatic carbocycles. The molecule has 2 N–H and O–H groups in total. The Balaban J connectivity index is 1.79. The lowest BCUT2D eigenvalue weighted by Gasteiger charge is -2.26. The van der Waals surface area contributed by atoms with E-state index in [-0.39, 0.29) is 17.7 Å². The molecule has 1 amide bonds. The number of aromatic hydroxyl groups is 1. The molecule has 32 heavy (non-hydrogen) atoms. The Kier molecular flexibility index (Phi) is 6.37. The number of rotatable bonds is 6. The van der Waals surface area contributed by atoms with Gasteiger partial charge in [-0.15, -0.1) is 0 Å². The third kappa shape index (κ3) is 4.42. The number of amides is 1. The third-order valence-corrected chi connectivity index (χ3v) is 5.74. The molecule has 1 atom stereocenters. The van der Waals surface area contributed by atoms with E-state index in [1.807, 2.05) is 43.3 Å². The van der Waals surface area contributed by atoms with Gasteiger partial charge in [-0.25, -0.2) is 4.98 Å². The van der Waals surface area contributed by atoms with Crippen molar-refractivity contribution in [2.24, 2.45) is 0 Å². The Labute approximate surface area is 188 Å². The SMILES string of the molecule is CCCNC(=O)[C@@H]1CCCN1c1cc(-c2ccc(C#N)cc2)cc(-c2ccccc2O)n1. The van der Waals surface area contributed by atoms with Gasteiger partial charge in [0.25, 0.3) is 0 Å². The summed E-state index contributed by atoms with van der Waals surface area (Å²) < 4.78 is 0. The predicted octanol–water partition coefficient (Wildman–Crippen LogP) is 4.49. The van der Waals surface area contributed by atoms with Crippen molar-refractivity contribution in [2.75, 3.05) is 18.0 Å². The Morgan fingerprint density at radius 1 is 1.19 bits per heavy atom. The van der Waals surface area contributed by atoms with Crippen LogP contribution >= 0.6 is 0 Å². The van der Waals surface area contributed by atoms with Crippen molar-refractivity contribution >= 4 is 11.7 Å². The summed E-state index contributed by atoms with van der Waals surface area (Å²) in [6.07, 6.45) is 2.59. The van der Waals surface area contributed by atoms with E-state index < -0.39 is 0 Å². The van der Waals surface area contributed by atoms with Gasteiger partial charge in [0, 0.05) is 18.7 Å². The maximum absolute atomic E-state index is 12.8. The second-order valence-electron chi connectivity index (χ2n) is 7.95. The first-order chi connectivity index (χ1) is 15.6. The molecule has 1 aromatic heterocycles. The van der Waals surface area contributed by atoms with Gasteiger partial charge in [-0.2, -0.15) is 5.26 Å². The maximum Gasteiger partial charge on any atom is 0.242 e. The van der Waals surface area contributed by atoms with Gasteiger partial charge < -0.3 is 15.3 Å². The summed E-state index contributed by atoms with van der Waals surface area (Å²) in [5.41, 5.74) is 3.72. The van der Waals surface area contributed by atoms with Gasteiger partial charge in [-0.05, 0) is 66.8 Å². The van der Waals surface area contributed by atoms with Crippen LogP contribution in [0.2, 0.25) is 0 Å². The van der Waals surface area contributed by atoms with Crippen molar-refractivity contribution in [1.82, 2.24) is 10.3 Å². The molecular weight excluding hydrogens is 400 g/mol. The number of aromatic nitrogens is 1. The fraction of sp³-hybridized carbons (Fsp3) is 0.269. The van der Waals surface area contributed by atoms with E-state index in [2.05, 4.69) is 16.3 Å². The zero-order valence-electron chi connectivity index (χ0n) is 18.1. The number of pyridine rings is 1. The van der Waals surface area contributed by atoms with E-state index in [1.54, 1.807) is 24.3 Å². The third-order valence-electron chi connectivity index (χ3n) is 5.74. The number of benzene rings is 2. The fourth-order valence-electron chi connectivity index (χ4n) is 4.07. The fourth-order valence-corrected chi connectivity index (χ4v) is 4.07. The first kappa shape index (κ1) is 21.4. The lowest BCUT2D eigenvalue weighted by molar-refractivity contribution is -0.122. The van der Waals surface area contributed by atoms with Gasteiger partial charge in [0.05, 0.1) is 17.3 Å². The van der Waals surface area contributed by atoms with Gasteiger partial charge in [-0.1, -0.05) is 31.2 Å². The minimum Gasteiger partial charge on any atom is -0.507 e. The van der Waals surface area contributed by atoms with Crippen LogP contribution in [0.15, 0.2) is 60.7 Å². The van der Waals surface area contributed by atoms with Crippen molar-refractivity contribution in [3.63, 3.8) is 0 Å². The van der Waals surface area contributed by atoms with Gasteiger partial charge in [0.2, 0.25) is 5.91 Å². The smallest absolute Gasteiger partial charge is 0.242 e. The average molecular weight is 427 g/mol. The van der Waals surface area contributed by atoms with Crippen molar-refractivity contribution in [3.05, 3.63) is 66.2 Å². The largest absolute Gasteiger partial charge is 0.507 e. The van der Waals surface area contributed by atoms with Crippen molar-refractivity contribution in [2.45, 2.75) is 32.2 Å². The molecule has 2 aromatic carbocycles. The van der Waals surface area contributed by atoms with E-state index in [4.69, 9.17) is 10.2 Å². The van der Waals surface area contributed by atoms with Crippen LogP contribution < -0.4 is 10.2 Å². The monoisotopic (exact) mass is 426 g/mol. The number of anilines is 1. The molecule has 4 rings (SSSR count). The number of nitriles is 1. The topological polar surface area (TPSA) is 89.2 Å². The summed E-state index contributed by atoms with van der Waals surface area (Å²) in [4.78, 5) is 19.7. The molecule has 1 fully saturated rings. The molecule has 0 radical (unpaired) electrons. The molecule has 2 heterocycles. The molecule has 0 saturated carbocycles. The van der Waals surface area contributed by atoms with Crippen LogP contribution in [0, 0.1) is 11.3 Å². The Morgan fingerprint density at radius 3 is 2.69 bits per heavy atom. The van der Waals surface area contributed by atoms with E-state index in [0.29, 0.717) is 29.2 Å². The zero-order valence-corrected chi connectivity index (χ0v) is 18.1. The quantitative estimate of drug-likeness (QED) is 0.606. The number of nitrogens with one attached hydrogen (secondary N) is 1. The van der Waals surface area contributed by atoms with E-state index in [0.717, 1.165) is 36.9 Å². The maximum atomic E-state index is 12.8. The van der Waals surface area contributed by atoms with E-state index >= 15 is 0 Å². The summed E-state index contributed by atoms with van der Waals surface area (Å²) in [7, 11) is 0.